The summed E-state index contributed by atoms with van der Waals surface area (Å²) in [7, 11) is 0. The molecule has 1 atom stereocenters. The van der Waals surface area contributed by atoms with Crippen molar-refractivity contribution in [2.24, 2.45) is 5.84 Å². The summed E-state index contributed by atoms with van der Waals surface area (Å²) in [6.07, 6.45) is 0.985. The van der Waals surface area contributed by atoms with E-state index in [0.717, 1.165) is 17.7 Å². The van der Waals surface area contributed by atoms with Crippen LogP contribution < -0.4 is 16.0 Å². The molecule has 0 aliphatic carbocycles. The van der Waals surface area contributed by atoms with Crippen LogP contribution in [0.3, 0.4) is 0 Å². The van der Waals surface area contributed by atoms with Crippen LogP contribution in [0, 0.1) is 13.8 Å². The van der Waals surface area contributed by atoms with Crippen LogP contribution in [-0.4, -0.2) is 6.61 Å². The van der Waals surface area contributed by atoms with Gasteiger partial charge < -0.3 is 4.74 Å². The summed E-state index contributed by atoms with van der Waals surface area (Å²) < 4.78 is 5.87. The van der Waals surface area contributed by atoms with Gasteiger partial charge in [0.05, 0.1) is 12.6 Å². The van der Waals surface area contributed by atoms with Crippen LogP contribution in [0.1, 0.15) is 41.6 Å². The highest BCUT2D eigenvalue weighted by Crippen LogP contribution is 2.32. The van der Waals surface area contributed by atoms with E-state index < -0.39 is 0 Å². The number of ether oxygens (including phenoxy) is 1. The molecule has 0 saturated carbocycles. The summed E-state index contributed by atoms with van der Waals surface area (Å²) in [6.45, 7) is 7.06. The van der Waals surface area contributed by atoms with Gasteiger partial charge in [-0.2, -0.15) is 0 Å². The molecule has 0 spiro atoms. The zero-order valence-corrected chi connectivity index (χ0v) is 13.0. The van der Waals surface area contributed by atoms with Gasteiger partial charge in [0.25, 0.3) is 0 Å². The van der Waals surface area contributed by atoms with Crippen molar-refractivity contribution in [2.75, 3.05) is 6.61 Å². The summed E-state index contributed by atoms with van der Waals surface area (Å²) in [5.74, 6) is 6.74. The van der Waals surface area contributed by atoms with Gasteiger partial charge in [0.2, 0.25) is 0 Å². The average molecular weight is 284 g/mol. The number of rotatable bonds is 6. The van der Waals surface area contributed by atoms with Crippen molar-refractivity contribution in [1.29, 1.82) is 0 Å². The fourth-order valence-electron chi connectivity index (χ4n) is 2.50. The maximum Gasteiger partial charge on any atom is 0.124 e. The summed E-state index contributed by atoms with van der Waals surface area (Å²) in [4.78, 5) is 0. The third-order valence-electron chi connectivity index (χ3n) is 3.82. The monoisotopic (exact) mass is 284 g/mol. The lowest BCUT2D eigenvalue weighted by atomic mass is 9.92. The summed E-state index contributed by atoms with van der Waals surface area (Å²) in [6, 6.07) is 14.3. The number of nitrogens with two attached hydrogens (primary N) is 1. The van der Waals surface area contributed by atoms with E-state index in [9.17, 15) is 0 Å². The second-order valence-electron chi connectivity index (χ2n) is 5.28. The smallest absolute Gasteiger partial charge is 0.124 e. The first-order chi connectivity index (χ1) is 10.2. The molecule has 0 fully saturated rings. The second kappa shape index (κ2) is 7.25. The minimum Gasteiger partial charge on any atom is -0.493 e. The van der Waals surface area contributed by atoms with Crippen LogP contribution in [0.2, 0.25) is 0 Å². The van der Waals surface area contributed by atoms with E-state index in [1.54, 1.807) is 0 Å². The molecule has 3 nitrogen and oxygen atoms in total. The zero-order valence-electron chi connectivity index (χ0n) is 13.0. The van der Waals surface area contributed by atoms with E-state index in [-0.39, 0.29) is 6.04 Å². The van der Waals surface area contributed by atoms with Crippen molar-refractivity contribution in [3.63, 3.8) is 0 Å². The molecule has 0 aliphatic rings. The molecule has 3 N–H and O–H groups in total. The highest BCUT2D eigenvalue weighted by molar-refractivity contribution is 5.45. The molecule has 0 amide bonds. The van der Waals surface area contributed by atoms with Gasteiger partial charge in [-0.25, -0.2) is 5.43 Å². The van der Waals surface area contributed by atoms with E-state index in [1.807, 2.05) is 18.2 Å². The van der Waals surface area contributed by atoms with Gasteiger partial charge in [-0.15, -0.1) is 0 Å². The minimum atomic E-state index is -0.0713. The quantitative estimate of drug-likeness (QED) is 0.629. The van der Waals surface area contributed by atoms with Gasteiger partial charge in [0.1, 0.15) is 5.75 Å². The summed E-state index contributed by atoms with van der Waals surface area (Å²) in [5, 5.41) is 0. The van der Waals surface area contributed by atoms with E-state index in [1.165, 1.54) is 16.7 Å². The maximum absolute atomic E-state index is 5.87. The van der Waals surface area contributed by atoms with Crippen molar-refractivity contribution in [1.82, 2.24) is 5.43 Å². The number of nitrogens with one attached hydrogen (secondary N) is 1. The van der Waals surface area contributed by atoms with Crippen LogP contribution in [0.25, 0.3) is 0 Å². The van der Waals surface area contributed by atoms with E-state index in [4.69, 9.17) is 10.6 Å². The van der Waals surface area contributed by atoms with E-state index >= 15 is 0 Å². The lowest BCUT2D eigenvalue weighted by Gasteiger charge is -2.22. The van der Waals surface area contributed by atoms with Gasteiger partial charge in [-0.05, 0) is 43.0 Å². The molecule has 1 unspecified atom stereocenters. The van der Waals surface area contributed by atoms with Crippen LogP contribution in [-0.2, 0) is 0 Å². The van der Waals surface area contributed by atoms with Crippen LogP contribution >= 0.6 is 0 Å². The fourth-order valence-corrected chi connectivity index (χ4v) is 2.50. The SMILES string of the molecule is CCCOc1ccccc1C(NN)c1cccc(C)c1C. The van der Waals surface area contributed by atoms with Crippen LogP contribution in [0.4, 0.5) is 0 Å². The Kier molecular flexibility index (Phi) is 5.37. The minimum absolute atomic E-state index is 0.0713. The molecule has 112 valence electrons. The highest BCUT2D eigenvalue weighted by atomic mass is 16.5. The van der Waals surface area contributed by atoms with Gasteiger partial charge in [0, 0.05) is 5.56 Å². The molecule has 0 bridgehead atoms. The van der Waals surface area contributed by atoms with E-state index in [0.29, 0.717) is 6.61 Å². The van der Waals surface area contributed by atoms with Gasteiger partial charge in [-0.1, -0.05) is 43.3 Å². The Morgan fingerprint density at radius 2 is 1.76 bits per heavy atom. The Hall–Kier alpha value is -1.84. The maximum atomic E-state index is 5.87. The van der Waals surface area contributed by atoms with Gasteiger partial charge in [0.15, 0.2) is 0 Å². The molecule has 3 heteroatoms. The first kappa shape index (κ1) is 15.5. The number of hydrogen-bond donors (Lipinski definition) is 2. The summed E-state index contributed by atoms with van der Waals surface area (Å²) >= 11 is 0. The Labute approximate surface area is 127 Å². The molecule has 21 heavy (non-hydrogen) atoms. The number of para-hydroxylation sites is 1. The first-order valence-corrected chi connectivity index (χ1v) is 7.43. The Bertz CT molecular complexity index is 596. The molecule has 0 saturated heterocycles. The number of hydrogen-bond acceptors (Lipinski definition) is 3. The number of aryl methyl sites for hydroxylation is 1. The predicted octanol–water partition coefficient (Wildman–Crippen LogP) is 3.64. The number of hydrazine groups is 1. The molecular formula is C18H24N2O. The van der Waals surface area contributed by atoms with Crippen molar-refractivity contribution < 1.29 is 4.74 Å². The largest absolute Gasteiger partial charge is 0.493 e. The normalized spacial score (nSPS) is 12.2. The third-order valence-corrected chi connectivity index (χ3v) is 3.82. The van der Waals surface area contributed by atoms with Crippen molar-refractivity contribution in [3.05, 3.63) is 64.7 Å². The molecule has 2 aromatic rings. The lowest BCUT2D eigenvalue weighted by Crippen LogP contribution is -2.30. The highest BCUT2D eigenvalue weighted by Gasteiger charge is 2.19. The van der Waals surface area contributed by atoms with Crippen LogP contribution in [0.5, 0.6) is 5.75 Å². The molecular weight excluding hydrogens is 260 g/mol. The average Bonchev–Trinajstić information content (AvgIpc) is 2.51. The van der Waals surface area contributed by atoms with Crippen LogP contribution in [0.15, 0.2) is 42.5 Å². The first-order valence-electron chi connectivity index (χ1n) is 7.43. The summed E-state index contributed by atoms with van der Waals surface area (Å²) in [5.41, 5.74) is 7.72. The standard InChI is InChI=1S/C18H24N2O/c1-4-12-21-17-11-6-5-9-16(17)18(20-19)15-10-7-8-13(2)14(15)3/h5-11,18,20H,4,12,19H2,1-3H3. The molecule has 0 heterocycles. The van der Waals surface area contributed by atoms with Crippen molar-refractivity contribution in [3.8, 4) is 5.75 Å². The number of benzene rings is 2. The van der Waals surface area contributed by atoms with Crippen molar-refractivity contribution in [2.45, 2.75) is 33.2 Å². The lowest BCUT2D eigenvalue weighted by molar-refractivity contribution is 0.311. The molecule has 0 radical (unpaired) electrons. The van der Waals surface area contributed by atoms with E-state index in [2.05, 4.69) is 50.5 Å². The fraction of sp³-hybridized carbons (Fsp3) is 0.333. The van der Waals surface area contributed by atoms with Crippen molar-refractivity contribution >= 4 is 0 Å². The Balaban J connectivity index is 2.44. The van der Waals surface area contributed by atoms with Gasteiger partial charge >= 0.3 is 0 Å². The molecule has 2 rings (SSSR count). The molecule has 0 aromatic heterocycles. The Morgan fingerprint density at radius 3 is 2.48 bits per heavy atom. The Morgan fingerprint density at radius 1 is 1.05 bits per heavy atom. The predicted molar refractivity (Wildman–Crippen MR) is 87.3 cm³/mol. The zero-order chi connectivity index (χ0) is 15.2. The molecule has 0 aliphatic heterocycles. The second-order valence-corrected chi connectivity index (χ2v) is 5.28. The van der Waals surface area contributed by atoms with Gasteiger partial charge in [-0.3, -0.25) is 5.84 Å². The third kappa shape index (κ3) is 3.43. The topological polar surface area (TPSA) is 47.3 Å². The molecule has 2 aromatic carbocycles.